The summed E-state index contributed by atoms with van der Waals surface area (Å²) in [6.07, 6.45) is 0.976. The Morgan fingerprint density at radius 2 is 1.80 bits per heavy atom. The highest BCUT2D eigenvalue weighted by atomic mass is 16.5. The van der Waals surface area contributed by atoms with E-state index in [1.54, 1.807) is 13.8 Å². The molecule has 20 heavy (non-hydrogen) atoms. The van der Waals surface area contributed by atoms with E-state index in [1.165, 1.54) is 5.56 Å². The molecule has 0 saturated carbocycles. The van der Waals surface area contributed by atoms with Gasteiger partial charge in [0, 0.05) is 0 Å². The molecule has 0 aliphatic carbocycles. The quantitative estimate of drug-likeness (QED) is 0.884. The Hall–Kier alpha value is -1.51. The van der Waals surface area contributed by atoms with Crippen LogP contribution in [0.5, 0.6) is 5.75 Å². The minimum Gasteiger partial charge on any atom is -0.492 e. The lowest BCUT2D eigenvalue weighted by atomic mass is 9.85. The van der Waals surface area contributed by atoms with Crippen molar-refractivity contribution in [2.45, 2.75) is 53.4 Å². The minimum absolute atomic E-state index is 0.0338. The van der Waals surface area contributed by atoms with Crippen LogP contribution in [-0.4, -0.2) is 17.7 Å². The SMILES string of the molecule is CCc1ccc(OCC(C)(C)C(=O)O)c(C(C)(C)C)c1. The Labute approximate surface area is 122 Å². The minimum atomic E-state index is -0.890. The van der Waals surface area contributed by atoms with Crippen molar-refractivity contribution in [2.75, 3.05) is 6.61 Å². The number of aliphatic carboxylic acids is 1. The number of aryl methyl sites for hydroxylation is 1. The Bertz CT molecular complexity index is 481. The van der Waals surface area contributed by atoms with Crippen molar-refractivity contribution in [1.29, 1.82) is 0 Å². The van der Waals surface area contributed by atoms with E-state index in [0.29, 0.717) is 0 Å². The molecular formula is C17H26O3. The summed E-state index contributed by atoms with van der Waals surface area (Å²) in [5.41, 5.74) is 1.46. The van der Waals surface area contributed by atoms with E-state index < -0.39 is 11.4 Å². The predicted molar refractivity (Wildman–Crippen MR) is 81.4 cm³/mol. The summed E-state index contributed by atoms with van der Waals surface area (Å²) in [7, 11) is 0. The number of ether oxygens (including phenoxy) is 1. The maximum absolute atomic E-state index is 11.1. The monoisotopic (exact) mass is 278 g/mol. The Morgan fingerprint density at radius 1 is 1.20 bits per heavy atom. The average molecular weight is 278 g/mol. The number of carboxylic acid groups (broad SMARTS) is 1. The molecule has 112 valence electrons. The van der Waals surface area contributed by atoms with Gasteiger partial charge in [0.2, 0.25) is 0 Å². The van der Waals surface area contributed by atoms with E-state index in [-0.39, 0.29) is 12.0 Å². The number of rotatable bonds is 5. The molecule has 3 nitrogen and oxygen atoms in total. The number of hydrogen-bond donors (Lipinski definition) is 1. The zero-order valence-electron chi connectivity index (χ0n) is 13.4. The molecule has 0 fully saturated rings. The maximum Gasteiger partial charge on any atom is 0.312 e. The van der Waals surface area contributed by atoms with E-state index in [1.807, 2.05) is 12.1 Å². The second-order valence-corrected chi connectivity index (χ2v) is 6.91. The number of hydrogen-bond acceptors (Lipinski definition) is 2. The summed E-state index contributed by atoms with van der Waals surface area (Å²) in [5.74, 6) is -0.0657. The molecule has 0 bridgehead atoms. The van der Waals surface area contributed by atoms with Crippen molar-refractivity contribution >= 4 is 5.97 Å². The van der Waals surface area contributed by atoms with Gasteiger partial charge in [0.25, 0.3) is 0 Å². The molecule has 0 spiro atoms. The number of carboxylic acids is 1. The molecule has 1 aromatic carbocycles. The molecule has 0 atom stereocenters. The second kappa shape index (κ2) is 5.86. The lowest BCUT2D eigenvalue weighted by molar-refractivity contribution is -0.148. The Kier molecular flexibility index (Phi) is 4.85. The van der Waals surface area contributed by atoms with Gasteiger partial charge in [0.15, 0.2) is 0 Å². The highest BCUT2D eigenvalue weighted by molar-refractivity contribution is 5.73. The molecule has 0 heterocycles. The Morgan fingerprint density at radius 3 is 2.25 bits per heavy atom. The van der Waals surface area contributed by atoms with Gasteiger partial charge in [-0.15, -0.1) is 0 Å². The first-order valence-corrected chi connectivity index (χ1v) is 7.07. The normalized spacial score (nSPS) is 12.3. The van der Waals surface area contributed by atoms with Gasteiger partial charge in [-0.25, -0.2) is 0 Å². The van der Waals surface area contributed by atoms with Crippen LogP contribution in [0.15, 0.2) is 18.2 Å². The fourth-order valence-electron chi connectivity index (χ4n) is 1.83. The van der Waals surface area contributed by atoms with Crippen LogP contribution in [0.1, 0.15) is 52.7 Å². The van der Waals surface area contributed by atoms with Crippen molar-refractivity contribution in [2.24, 2.45) is 5.41 Å². The summed E-state index contributed by atoms with van der Waals surface area (Å²) in [4.78, 5) is 11.1. The van der Waals surface area contributed by atoms with E-state index in [9.17, 15) is 4.79 Å². The van der Waals surface area contributed by atoms with Crippen LogP contribution < -0.4 is 4.74 Å². The standard InChI is InChI=1S/C17H26O3/c1-7-12-8-9-14(13(10-12)16(2,3)4)20-11-17(5,6)15(18)19/h8-10H,7,11H2,1-6H3,(H,18,19). The van der Waals surface area contributed by atoms with Gasteiger partial charge >= 0.3 is 5.97 Å². The van der Waals surface area contributed by atoms with Gasteiger partial charge < -0.3 is 9.84 Å². The molecule has 1 rings (SSSR count). The highest BCUT2D eigenvalue weighted by Gasteiger charge is 2.29. The van der Waals surface area contributed by atoms with Crippen molar-refractivity contribution in [3.63, 3.8) is 0 Å². The summed E-state index contributed by atoms with van der Waals surface area (Å²) < 4.78 is 5.81. The lowest BCUT2D eigenvalue weighted by Crippen LogP contribution is -2.31. The van der Waals surface area contributed by atoms with Gasteiger partial charge in [0.1, 0.15) is 12.4 Å². The molecule has 3 heteroatoms. The molecule has 0 aliphatic rings. The van der Waals surface area contributed by atoms with Crippen LogP contribution in [-0.2, 0) is 16.6 Å². The van der Waals surface area contributed by atoms with Gasteiger partial charge in [0.05, 0.1) is 5.41 Å². The van der Waals surface area contributed by atoms with Crippen LogP contribution in [0.3, 0.4) is 0 Å². The molecule has 0 aromatic heterocycles. The molecule has 0 unspecified atom stereocenters. The topological polar surface area (TPSA) is 46.5 Å². The van der Waals surface area contributed by atoms with Crippen LogP contribution >= 0.6 is 0 Å². The van der Waals surface area contributed by atoms with Crippen molar-refractivity contribution in [3.05, 3.63) is 29.3 Å². The fraction of sp³-hybridized carbons (Fsp3) is 0.588. The van der Waals surface area contributed by atoms with Crippen molar-refractivity contribution in [1.82, 2.24) is 0 Å². The van der Waals surface area contributed by atoms with Gasteiger partial charge in [-0.05, 0) is 42.9 Å². The third kappa shape index (κ3) is 3.99. The van der Waals surface area contributed by atoms with Crippen LogP contribution in [0, 0.1) is 5.41 Å². The summed E-state index contributed by atoms with van der Waals surface area (Å²) in [6.45, 7) is 12.0. The molecule has 0 radical (unpaired) electrons. The zero-order chi connectivity index (χ0) is 15.6. The van der Waals surface area contributed by atoms with E-state index in [4.69, 9.17) is 9.84 Å². The molecule has 0 saturated heterocycles. The van der Waals surface area contributed by atoms with E-state index >= 15 is 0 Å². The second-order valence-electron chi connectivity index (χ2n) is 6.91. The molecule has 1 N–H and O–H groups in total. The smallest absolute Gasteiger partial charge is 0.312 e. The van der Waals surface area contributed by atoms with E-state index in [0.717, 1.165) is 17.7 Å². The van der Waals surface area contributed by atoms with Gasteiger partial charge in [-0.1, -0.05) is 39.8 Å². The maximum atomic E-state index is 11.1. The molecule has 1 aromatic rings. The average Bonchev–Trinajstić information content (AvgIpc) is 2.35. The zero-order valence-corrected chi connectivity index (χ0v) is 13.4. The highest BCUT2D eigenvalue weighted by Crippen LogP contribution is 2.33. The predicted octanol–water partition coefficient (Wildman–Crippen LogP) is 4.04. The first kappa shape index (κ1) is 16.5. The molecule has 0 amide bonds. The van der Waals surface area contributed by atoms with Crippen molar-refractivity contribution in [3.8, 4) is 5.75 Å². The third-order valence-corrected chi connectivity index (χ3v) is 3.43. The van der Waals surface area contributed by atoms with Crippen LogP contribution in [0.25, 0.3) is 0 Å². The first-order chi connectivity index (χ1) is 9.08. The van der Waals surface area contributed by atoms with Crippen LogP contribution in [0.4, 0.5) is 0 Å². The number of benzene rings is 1. The van der Waals surface area contributed by atoms with Gasteiger partial charge in [-0.3, -0.25) is 4.79 Å². The molecule has 0 aliphatic heterocycles. The fourth-order valence-corrected chi connectivity index (χ4v) is 1.83. The first-order valence-electron chi connectivity index (χ1n) is 7.07. The van der Waals surface area contributed by atoms with Crippen LogP contribution in [0.2, 0.25) is 0 Å². The summed E-state index contributed by atoms with van der Waals surface area (Å²) >= 11 is 0. The lowest BCUT2D eigenvalue weighted by Gasteiger charge is -2.26. The summed E-state index contributed by atoms with van der Waals surface area (Å²) in [6, 6.07) is 6.15. The summed E-state index contributed by atoms with van der Waals surface area (Å²) in [5, 5.41) is 9.15. The Balaban J connectivity index is 3.04. The molecular weight excluding hydrogens is 252 g/mol. The largest absolute Gasteiger partial charge is 0.492 e. The van der Waals surface area contributed by atoms with Crippen molar-refractivity contribution < 1.29 is 14.6 Å². The van der Waals surface area contributed by atoms with Gasteiger partial charge in [-0.2, -0.15) is 0 Å². The van der Waals surface area contributed by atoms with E-state index in [2.05, 4.69) is 33.8 Å². The third-order valence-electron chi connectivity index (χ3n) is 3.43. The number of carbonyl (C=O) groups is 1.